The first-order valence-corrected chi connectivity index (χ1v) is 6.69. The lowest BCUT2D eigenvalue weighted by Gasteiger charge is -2.24. The predicted molar refractivity (Wildman–Crippen MR) is 82.9 cm³/mol. The third-order valence-corrected chi connectivity index (χ3v) is 3.31. The van der Waals surface area contributed by atoms with Crippen molar-refractivity contribution in [2.45, 2.75) is 18.9 Å². The van der Waals surface area contributed by atoms with Gasteiger partial charge in [0.1, 0.15) is 6.10 Å². The maximum Gasteiger partial charge on any atom is 0.258 e. The van der Waals surface area contributed by atoms with Crippen molar-refractivity contribution in [2.24, 2.45) is 0 Å². The summed E-state index contributed by atoms with van der Waals surface area (Å²) in [6, 6.07) is 7.83. The summed E-state index contributed by atoms with van der Waals surface area (Å²) < 4.78 is 5.99. The molecule has 0 amide bonds. The molecule has 1 saturated heterocycles. The Morgan fingerprint density at radius 2 is 2.00 bits per heavy atom. The van der Waals surface area contributed by atoms with Crippen LogP contribution in [0.2, 0.25) is 0 Å². The van der Waals surface area contributed by atoms with E-state index in [9.17, 15) is 0 Å². The van der Waals surface area contributed by atoms with E-state index in [0.717, 1.165) is 37.0 Å². The van der Waals surface area contributed by atoms with Gasteiger partial charge in [0.15, 0.2) is 5.82 Å². The number of hydrogen-bond acceptors (Lipinski definition) is 5. The summed E-state index contributed by atoms with van der Waals surface area (Å²) in [7, 11) is 1.84. The highest BCUT2D eigenvalue weighted by Crippen LogP contribution is 2.24. The number of piperidine rings is 1. The number of nitrogens with one attached hydrogen (secondary N) is 2. The number of hydrogen-bond donors (Lipinski definition) is 2. The van der Waals surface area contributed by atoms with Gasteiger partial charge in [-0.1, -0.05) is 12.1 Å². The van der Waals surface area contributed by atoms with Crippen LogP contribution in [0.15, 0.2) is 24.3 Å². The number of benzene rings is 1. The van der Waals surface area contributed by atoms with Gasteiger partial charge in [0.05, 0.1) is 11.0 Å². The van der Waals surface area contributed by atoms with E-state index in [1.54, 1.807) is 0 Å². The molecule has 2 N–H and O–H groups in total. The molecule has 2 heterocycles. The van der Waals surface area contributed by atoms with Crippen LogP contribution in [0.4, 0.5) is 5.82 Å². The second kappa shape index (κ2) is 6.72. The van der Waals surface area contributed by atoms with Crippen molar-refractivity contribution in [3.05, 3.63) is 24.3 Å². The van der Waals surface area contributed by atoms with Crippen LogP contribution in [0.3, 0.4) is 0 Å². The van der Waals surface area contributed by atoms with Gasteiger partial charge in [0.2, 0.25) is 0 Å². The number of para-hydroxylation sites is 2. The smallest absolute Gasteiger partial charge is 0.258 e. The van der Waals surface area contributed by atoms with Crippen molar-refractivity contribution < 1.29 is 4.74 Å². The molecule has 0 aliphatic carbocycles. The van der Waals surface area contributed by atoms with Crippen molar-refractivity contribution >= 4 is 29.3 Å². The Balaban J connectivity index is 0.00000147. The number of halogens is 1. The van der Waals surface area contributed by atoms with E-state index in [4.69, 9.17) is 4.74 Å². The fourth-order valence-corrected chi connectivity index (χ4v) is 2.31. The standard InChI is InChI=1S/C14H18N4O.ClH/c1-15-13-14(19-10-5-4-8-16-9-10)18-12-7-3-2-6-11(12)17-13;/h2-3,6-7,10,16H,4-5,8-9H2,1H3,(H,15,17);1H/t10-;/m1./s1. The summed E-state index contributed by atoms with van der Waals surface area (Å²) in [5, 5.41) is 6.39. The molecule has 5 nitrogen and oxygen atoms in total. The first kappa shape index (κ1) is 14.8. The fraction of sp³-hybridized carbons (Fsp3) is 0.429. The minimum absolute atomic E-state index is 0. The topological polar surface area (TPSA) is 59.1 Å². The van der Waals surface area contributed by atoms with E-state index in [1.807, 2.05) is 31.3 Å². The minimum Gasteiger partial charge on any atom is -0.470 e. The zero-order valence-corrected chi connectivity index (χ0v) is 12.2. The molecule has 6 heteroatoms. The first-order valence-electron chi connectivity index (χ1n) is 6.69. The Bertz CT molecular complexity index is 572. The summed E-state index contributed by atoms with van der Waals surface area (Å²) >= 11 is 0. The van der Waals surface area contributed by atoms with Crippen molar-refractivity contribution in [1.82, 2.24) is 15.3 Å². The molecule has 0 saturated carbocycles. The number of ether oxygens (including phenoxy) is 1. The Hall–Kier alpha value is -1.59. The molecular weight excluding hydrogens is 276 g/mol. The summed E-state index contributed by atoms with van der Waals surface area (Å²) in [4.78, 5) is 9.11. The minimum atomic E-state index is 0. The van der Waals surface area contributed by atoms with E-state index in [1.165, 1.54) is 0 Å². The third-order valence-electron chi connectivity index (χ3n) is 3.31. The molecule has 2 aromatic rings. The van der Waals surface area contributed by atoms with Crippen LogP contribution in [-0.2, 0) is 0 Å². The molecule has 0 bridgehead atoms. The monoisotopic (exact) mass is 294 g/mol. The lowest BCUT2D eigenvalue weighted by molar-refractivity contribution is 0.161. The summed E-state index contributed by atoms with van der Waals surface area (Å²) in [5.41, 5.74) is 1.74. The highest BCUT2D eigenvalue weighted by molar-refractivity contribution is 5.85. The molecule has 0 spiro atoms. The number of fused-ring (bicyclic) bond motifs is 1. The fourth-order valence-electron chi connectivity index (χ4n) is 2.31. The van der Waals surface area contributed by atoms with E-state index in [2.05, 4.69) is 20.6 Å². The normalized spacial score (nSPS) is 18.4. The zero-order chi connectivity index (χ0) is 13.1. The van der Waals surface area contributed by atoms with Gasteiger partial charge >= 0.3 is 0 Å². The van der Waals surface area contributed by atoms with Gasteiger partial charge in [0, 0.05) is 13.6 Å². The lowest BCUT2D eigenvalue weighted by atomic mass is 10.1. The van der Waals surface area contributed by atoms with Crippen molar-refractivity contribution in [3.63, 3.8) is 0 Å². The lowest BCUT2D eigenvalue weighted by Crippen LogP contribution is -2.37. The van der Waals surface area contributed by atoms with Gasteiger partial charge in [-0.2, -0.15) is 0 Å². The van der Waals surface area contributed by atoms with Crippen LogP contribution < -0.4 is 15.4 Å². The van der Waals surface area contributed by atoms with E-state index < -0.39 is 0 Å². The van der Waals surface area contributed by atoms with Crippen LogP contribution in [0, 0.1) is 0 Å². The van der Waals surface area contributed by atoms with Gasteiger partial charge in [-0.3, -0.25) is 0 Å². The summed E-state index contributed by atoms with van der Waals surface area (Å²) in [6.45, 7) is 1.94. The van der Waals surface area contributed by atoms with Crippen molar-refractivity contribution in [2.75, 3.05) is 25.5 Å². The molecule has 108 valence electrons. The Kier molecular flexibility index (Phi) is 4.98. The van der Waals surface area contributed by atoms with E-state index in [-0.39, 0.29) is 18.5 Å². The number of nitrogens with zero attached hydrogens (tertiary/aromatic N) is 2. The quantitative estimate of drug-likeness (QED) is 0.909. The number of aromatic nitrogens is 2. The highest BCUT2D eigenvalue weighted by Gasteiger charge is 2.18. The molecular formula is C14H19ClN4O. The molecule has 1 aliphatic rings. The summed E-state index contributed by atoms with van der Waals surface area (Å²) in [6.07, 6.45) is 2.38. The third kappa shape index (κ3) is 3.11. The molecule has 1 aromatic heterocycles. The second-order valence-electron chi connectivity index (χ2n) is 4.70. The average molecular weight is 295 g/mol. The van der Waals surface area contributed by atoms with Crippen molar-refractivity contribution in [3.8, 4) is 5.88 Å². The van der Waals surface area contributed by atoms with Gasteiger partial charge in [-0.25, -0.2) is 9.97 Å². The van der Waals surface area contributed by atoms with E-state index >= 15 is 0 Å². The van der Waals surface area contributed by atoms with E-state index in [0.29, 0.717) is 11.7 Å². The average Bonchev–Trinajstić information content (AvgIpc) is 2.47. The van der Waals surface area contributed by atoms with Gasteiger partial charge in [-0.15, -0.1) is 12.4 Å². The molecule has 1 atom stereocenters. The van der Waals surface area contributed by atoms with Gasteiger partial charge < -0.3 is 15.4 Å². The Morgan fingerprint density at radius 3 is 2.65 bits per heavy atom. The highest BCUT2D eigenvalue weighted by atomic mass is 35.5. The molecule has 3 rings (SSSR count). The molecule has 0 unspecified atom stereocenters. The predicted octanol–water partition coefficient (Wildman–Crippen LogP) is 2.22. The summed E-state index contributed by atoms with van der Waals surface area (Å²) in [5.74, 6) is 1.29. The SMILES string of the molecule is CNc1nc2ccccc2nc1O[C@@H]1CCCNC1.Cl. The molecule has 1 aliphatic heterocycles. The molecule has 1 fully saturated rings. The first-order chi connectivity index (χ1) is 9.36. The van der Waals surface area contributed by atoms with Crippen molar-refractivity contribution in [1.29, 1.82) is 0 Å². The van der Waals surface area contributed by atoms with Gasteiger partial charge in [0.25, 0.3) is 5.88 Å². The zero-order valence-electron chi connectivity index (χ0n) is 11.4. The second-order valence-corrected chi connectivity index (χ2v) is 4.70. The van der Waals surface area contributed by atoms with Crippen LogP contribution in [-0.4, -0.2) is 36.2 Å². The molecule has 20 heavy (non-hydrogen) atoms. The maximum atomic E-state index is 5.99. The van der Waals surface area contributed by atoms with Crippen LogP contribution in [0.25, 0.3) is 11.0 Å². The molecule has 1 aromatic carbocycles. The molecule has 0 radical (unpaired) electrons. The van der Waals surface area contributed by atoms with Crippen LogP contribution in [0.1, 0.15) is 12.8 Å². The number of anilines is 1. The Labute approximate surface area is 124 Å². The van der Waals surface area contributed by atoms with Crippen LogP contribution >= 0.6 is 12.4 Å². The van der Waals surface area contributed by atoms with Gasteiger partial charge in [-0.05, 0) is 31.5 Å². The number of rotatable bonds is 3. The Morgan fingerprint density at radius 1 is 1.25 bits per heavy atom. The maximum absolute atomic E-state index is 5.99. The largest absolute Gasteiger partial charge is 0.470 e. The van der Waals surface area contributed by atoms with Crippen LogP contribution in [0.5, 0.6) is 5.88 Å².